The van der Waals surface area contributed by atoms with Gasteiger partial charge in [0.15, 0.2) is 0 Å². The monoisotopic (exact) mass is 313 g/mol. The summed E-state index contributed by atoms with van der Waals surface area (Å²) < 4.78 is 0. The van der Waals surface area contributed by atoms with E-state index in [1.54, 1.807) is 0 Å². The van der Waals surface area contributed by atoms with Gasteiger partial charge in [-0.15, -0.1) is 0 Å². The molecule has 0 saturated carbocycles. The smallest absolute Gasteiger partial charge is 0.0895 e. The van der Waals surface area contributed by atoms with Crippen LogP contribution in [0.25, 0.3) is 0 Å². The Bertz CT molecular complexity index is 88.5. The van der Waals surface area contributed by atoms with Gasteiger partial charge in [-0.25, -0.2) is 0 Å². The fourth-order valence-electron chi connectivity index (χ4n) is 0.799. The van der Waals surface area contributed by atoms with Crippen LogP contribution in [0.15, 0.2) is 11.1 Å². The van der Waals surface area contributed by atoms with Crippen molar-refractivity contribution in [2.75, 3.05) is 0 Å². The summed E-state index contributed by atoms with van der Waals surface area (Å²) in [5.74, 6) is 0. The first kappa shape index (κ1) is 8.77. The second kappa shape index (κ2) is 4.63. The molecule has 0 aliphatic heterocycles. The molecule has 0 aromatic carbocycles. The Hall–Kier alpha value is 0.770. The molecule has 0 aromatic rings. The molecule has 50 valence electrons. The summed E-state index contributed by atoms with van der Waals surface area (Å²) >= 11 is 5.68. The zero-order chi connectivity index (χ0) is 5.11. The van der Waals surface area contributed by atoms with Crippen molar-refractivity contribution in [3.05, 3.63) is 11.1 Å². The van der Waals surface area contributed by atoms with E-state index in [2.05, 4.69) is 6.08 Å². The average Bonchev–Trinajstić information content (AvgIpc) is 1.69. The Morgan fingerprint density at radius 3 is 2.38 bits per heavy atom. The molecular formula is C6H9AuCl+. The molecule has 8 heavy (non-hydrogen) atoms. The number of hydrogen-bond donors (Lipinski definition) is 0. The van der Waals surface area contributed by atoms with Crippen molar-refractivity contribution in [3.8, 4) is 0 Å². The van der Waals surface area contributed by atoms with E-state index in [-0.39, 0.29) is 22.4 Å². The Morgan fingerprint density at radius 1 is 1.38 bits per heavy atom. The first-order chi connectivity index (χ1) is 3.39. The topological polar surface area (TPSA) is 0 Å². The van der Waals surface area contributed by atoms with E-state index < -0.39 is 0 Å². The minimum Gasteiger partial charge on any atom is -0.0895 e. The van der Waals surface area contributed by atoms with Gasteiger partial charge in [0.25, 0.3) is 0 Å². The zero-order valence-electron chi connectivity index (χ0n) is 4.59. The van der Waals surface area contributed by atoms with Gasteiger partial charge >= 0.3 is 22.4 Å². The van der Waals surface area contributed by atoms with Crippen LogP contribution in [0.3, 0.4) is 0 Å². The molecule has 0 atom stereocenters. The molecule has 0 nitrogen and oxygen atoms in total. The minimum absolute atomic E-state index is 0. The van der Waals surface area contributed by atoms with Crippen LogP contribution >= 0.6 is 11.6 Å². The molecule has 0 unspecified atom stereocenters. The third kappa shape index (κ3) is 2.93. The van der Waals surface area contributed by atoms with Crippen molar-refractivity contribution in [1.29, 1.82) is 0 Å². The predicted molar refractivity (Wildman–Crippen MR) is 32.4 cm³/mol. The summed E-state index contributed by atoms with van der Waals surface area (Å²) in [6, 6.07) is 0. The van der Waals surface area contributed by atoms with E-state index in [1.165, 1.54) is 19.3 Å². The van der Waals surface area contributed by atoms with Gasteiger partial charge in [-0.1, -0.05) is 17.7 Å². The fraction of sp³-hybridized carbons (Fsp3) is 0.667. The standard InChI is InChI=1S/C6H9Cl.Au/c7-6-4-2-1-3-5-6;/h4H,1-3,5H2;/q;+1. The van der Waals surface area contributed by atoms with Gasteiger partial charge in [0.2, 0.25) is 0 Å². The minimum atomic E-state index is 0. The second-order valence-electron chi connectivity index (χ2n) is 1.90. The molecule has 0 radical (unpaired) electrons. The van der Waals surface area contributed by atoms with Crippen molar-refractivity contribution in [3.63, 3.8) is 0 Å². The molecule has 0 spiro atoms. The summed E-state index contributed by atoms with van der Waals surface area (Å²) in [5.41, 5.74) is 0. The number of halogens is 1. The normalized spacial score (nSPS) is 18.9. The molecule has 0 heterocycles. The molecule has 0 amide bonds. The van der Waals surface area contributed by atoms with Crippen LogP contribution in [0.1, 0.15) is 25.7 Å². The third-order valence-electron chi connectivity index (χ3n) is 1.24. The van der Waals surface area contributed by atoms with Gasteiger partial charge in [-0.05, 0) is 25.7 Å². The largest absolute Gasteiger partial charge is 1.00 e. The number of rotatable bonds is 0. The van der Waals surface area contributed by atoms with Gasteiger partial charge in [-0.3, -0.25) is 0 Å². The predicted octanol–water partition coefficient (Wildman–Crippen LogP) is 2.68. The Balaban J connectivity index is 0.000000490. The molecule has 0 bridgehead atoms. The summed E-state index contributed by atoms with van der Waals surface area (Å²) in [4.78, 5) is 0. The first-order valence-corrected chi connectivity index (χ1v) is 3.12. The molecule has 0 aromatic heterocycles. The molecule has 0 saturated heterocycles. The Kier molecular flexibility index (Phi) is 5.08. The SMILES string of the molecule is ClC1=CCCCC1.[Au+]. The van der Waals surface area contributed by atoms with Gasteiger partial charge < -0.3 is 0 Å². The molecule has 1 rings (SSSR count). The molecule has 1 aliphatic carbocycles. The number of hydrogen-bond acceptors (Lipinski definition) is 0. The molecule has 1 aliphatic rings. The maximum absolute atomic E-state index is 5.68. The molecular weight excluding hydrogens is 304 g/mol. The van der Waals surface area contributed by atoms with E-state index in [1.807, 2.05) is 0 Å². The van der Waals surface area contributed by atoms with Crippen LogP contribution in [0, 0.1) is 0 Å². The summed E-state index contributed by atoms with van der Waals surface area (Å²) in [6.45, 7) is 0. The summed E-state index contributed by atoms with van der Waals surface area (Å²) in [7, 11) is 0. The van der Waals surface area contributed by atoms with E-state index in [0.717, 1.165) is 11.5 Å². The first-order valence-electron chi connectivity index (χ1n) is 2.74. The van der Waals surface area contributed by atoms with Gasteiger partial charge in [0.05, 0.1) is 0 Å². The van der Waals surface area contributed by atoms with Crippen molar-refractivity contribution in [2.24, 2.45) is 0 Å². The van der Waals surface area contributed by atoms with Crippen molar-refractivity contribution >= 4 is 11.6 Å². The second-order valence-corrected chi connectivity index (χ2v) is 2.38. The van der Waals surface area contributed by atoms with Crippen LogP contribution < -0.4 is 0 Å². The quantitative estimate of drug-likeness (QED) is 0.603. The van der Waals surface area contributed by atoms with Gasteiger partial charge in [-0.2, -0.15) is 0 Å². The van der Waals surface area contributed by atoms with Crippen molar-refractivity contribution in [1.82, 2.24) is 0 Å². The fourth-order valence-corrected chi connectivity index (χ4v) is 1.04. The maximum atomic E-state index is 5.68. The Morgan fingerprint density at radius 2 is 2.12 bits per heavy atom. The summed E-state index contributed by atoms with van der Waals surface area (Å²) in [6.07, 6.45) is 7.04. The third-order valence-corrected chi connectivity index (χ3v) is 1.58. The van der Waals surface area contributed by atoms with Crippen LogP contribution in [0.5, 0.6) is 0 Å². The van der Waals surface area contributed by atoms with Crippen LogP contribution in [-0.2, 0) is 22.4 Å². The maximum Gasteiger partial charge on any atom is 1.00 e. The molecule has 0 fully saturated rings. The van der Waals surface area contributed by atoms with Crippen molar-refractivity contribution in [2.45, 2.75) is 25.7 Å². The summed E-state index contributed by atoms with van der Waals surface area (Å²) in [5, 5.41) is 1.06. The van der Waals surface area contributed by atoms with Gasteiger partial charge in [0.1, 0.15) is 0 Å². The van der Waals surface area contributed by atoms with Gasteiger partial charge in [0, 0.05) is 5.03 Å². The molecule has 0 N–H and O–H groups in total. The van der Waals surface area contributed by atoms with E-state index in [9.17, 15) is 0 Å². The number of allylic oxidation sites excluding steroid dienone is 2. The average molecular weight is 314 g/mol. The van der Waals surface area contributed by atoms with Crippen molar-refractivity contribution < 1.29 is 22.4 Å². The Labute approximate surface area is 70.8 Å². The van der Waals surface area contributed by atoms with Crippen LogP contribution in [-0.4, -0.2) is 0 Å². The van der Waals surface area contributed by atoms with E-state index in [4.69, 9.17) is 11.6 Å². The van der Waals surface area contributed by atoms with Crippen LogP contribution in [0.2, 0.25) is 0 Å². The zero-order valence-corrected chi connectivity index (χ0v) is 7.51. The van der Waals surface area contributed by atoms with E-state index >= 15 is 0 Å². The molecule has 2 heteroatoms. The van der Waals surface area contributed by atoms with Crippen LogP contribution in [0.4, 0.5) is 0 Å². The van der Waals surface area contributed by atoms with E-state index in [0.29, 0.717) is 0 Å².